The Morgan fingerprint density at radius 3 is 2.48 bits per heavy atom. The first-order valence-corrected chi connectivity index (χ1v) is 8.58. The van der Waals surface area contributed by atoms with Gasteiger partial charge in [0, 0.05) is 18.3 Å². The number of aliphatic hydroxyl groups is 2. The normalized spacial score (nSPS) is 18.9. The minimum absolute atomic E-state index is 0.00654. The van der Waals surface area contributed by atoms with Crippen molar-refractivity contribution in [3.05, 3.63) is 71.6 Å². The smallest absolute Gasteiger partial charge is 0.295 e. The largest absolute Gasteiger partial charge is 0.507 e. The highest BCUT2D eigenvalue weighted by atomic mass is 16.5. The van der Waals surface area contributed by atoms with Gasteiger partial charge in [0.15, 0.2) is 0 Å². The Balaban J connectivity index is 2.03. The van der Waals surface area contributed by atoms with Crippen molar-refractivity contribution in [1.29, 1.82) is 0 Å². The van der Waals surface area contributed by atoms with E-state index in [9.17, 15) is 14.7 Å². The van der Waals surface area contributed by atoms with E-state index >= 15 is 0 Å². The summed E-state index contributed by atoms with van der Waals surface area (Å²) in [4.78, 5) is 30.9. The Hall–Kier alpha value is -3.03. The van der Waals surface area contributed by atoms with Crippen LogP contribution in [0.3, 0.4) is 0 Å². The van der Waals surface area contributed by atoms with Crippen LogP contribution in [0.4, 0.5) is 0 Å². The van der Waals surface area contributed by atoms with E-state index in [1.165, 1.54) is 4.90 Å². The lowest BCUT2D eigenvalue weighted by molar-refractivity contribution is -0.140. The maximum absolute atomic E-state index is 12.7. The molecule has 1 amide bonds. The van der Waals surface area contributed by atoms with Gasteiger partial charge in [0.05, 0.1) is 31.1 Å². The molecule has 140 valence electrons. The van der Waals surface area contributed by atoms with E-state index in [0.717, 1.165) is 0 Å². The van der Waals surface area contributed by atoms with Gasteiger partial charge in [-0.1, -0.05) is 36.4 Å². The van der Waals surface area contributed by atoms with Crippen LogP contribution >= 0.6 is 0 Å². The molecule has 0 aliphatic carbocycles. The van der Waals surface area contributed by atoms with Gasteiger partial charge in [-0.05, 0) is 12.1 Å². The molecule has 1 aromatic carbocycles. The van der Waals surface area contributed by atoms with Crippen LogP contribution in [0.2, 0.25) is 0 Å². The molecule has 1 aliphatic heterocycles. The highest BCUT2D eigenvalue weighted by Crippen LogP contribution is 2.38. The number of amides is 1. The SMILES string of the molecule is O=C1C(=O)N(CCOCCO)[C@H](c2ccccn2)/C1=C(\O)c1ccccc1. The quantitative estimate of drug-likeness (QED) is 0.333. The number of pyridine rings is 1. The lowest BCUT2D eigenvalue weighted by Gasteiger charge is -2.24. The molecule has 2 heterocycles. The van der Waals surface area contributed by atoms with E-state index in [-0.39, 0.29) is 37.7 Å². The highest BCUT2D eigenvalue weighted by molar-refractivity contribution is 6.46. The standard InChI is InChI=1S/C20H20N2O5/c23-11-13-27-12-10-22-17(15-8-4-5-9-21-15)16(19(25)20(22)26)18(24)14-6-2-1-3-7-14/h1-9,17,23-24H,10-13H2/b18-16+/t17-/m1/s1. The Kier molecular flexibility index (Phi) is 5.95. The van der Waals surface area contributed by atoms with E-state index < -0.39 is 17.7 Å². The fourth-order valence-corrected chi connectivity index (χ4v) is 3.04. The lowest BCUT2D eigenvalue weighted by atomic mass is 9.98. The molecular formula is C20H20N2O5. The van der Waals surface area contributed by atoms with Gasteiger partial charge in [-0.15, -0.1) is 0 Å². The molecule has 0 unspecified atom stereocenters. The van der Waals surface area contributed by atoms with E-state index in [1.54, 1.807) is 54.7 Å². The Morgan fingerprint density at radius 1 is 1.07 bits per heavy atom. The van der Waals surface area contributed by atoms with Crippen molar-refractivity contribution in [3.8, 4) is 0 Å². The zero-order chi connectivity index (χ0) is 19.2. The van der Waals surface area contributed by atoms with Crippen LogP contribution in [0, 0.1) is 0 Å². The molecule has 0 saturated carbocycles. The van der Waals surface area contributed by atoms with Gasteiger partial charge < -0.3 is 19.8 Å². The first kappa shape index (κ1) is 18.8. The minimum Gasteiger partial charge on any atom is -0.507 e. The fraction of sp³-hybridized carbons (Fsp3) is 0.250. The van der Waals surface area contributed by atoms with Gasteiger partial charge in [-0.25, -0.2) is 0 Å². The van der Waals surface area contributed by atoms with Crippen LogP contribution in [0.5, 0.6) is 0 Å². The topological polar surface area (TPSA) is 100.0 Å². The summed E-state index contributed by atoms with van der Waals surface area (Å²) in [5, 5.41) is 19.6. The van der Waals surface area contributed by atoms with Crippen molar-refractivity contribution in [2.24, 2.45) is 0 Å². The predicted molar refractivity (Wildman–Crippen MR) is 97.6 cm³/mol. The van der Waals surface area contributed by atoms with E-state index in [0.29, 0.717) is 11.3 Å². The van der Waals surface area contributed by atoms with Crippen LogP contribution in [0.1, 0.15) is 17.3 Å². The van der Waals surface area contributed by atoms with E-state index in [2.05, 4.69) is 4.98 Å². The average Bonchev–Trinajstić information content (AvgIpc) is 2.97. The van der Waals surface area contributed by atoms with Gasteiger partial charge in [0.1, 0.15) is 11.8 Å². The van der Waals surface area contributed by atoms with Crippen molar-refractivity contribution in [3.63, 3.8) is 0 Å². The number of rotatable bonds is 7. The van der Waals surface area contributed by atoms with Crippen molar-refractivity contribution in [2.75, 3.05) is 26.4 Å². The molecule has 1 aliphatic rings. The number of ether oxygens (including phenoxy) is 1. The Morgan fingerprint density at radius 2 is 1.81 bits per heavy atom. The second kappa shape index (κ2) is 8.57. The summed E-state index contributed by atoms with van der Waals surface area (Å²) < 4.78 is 5.24. The Labute approximate surface area is 156 Å². The number of hydrogen-bond acceptors (Lipinski definition) is 6. The molecule has 0 radical (unpaired) electrons. The summed E-state index contributed by atoms with van der Waals surface area (Å²) >= 11 is 0. The zero-order valence-electron chi connectivity index (χ0n) is 14.6. The number of aliphatic hydroxyl groups excluding tert-OH is 2. The van der Waals surface area contributed by atoms with Gasteiger partial charge in [0.25, 0.3) is 11.7 Å². The predicted octanol–water partition coefficient (Wildman–Crippen LogP) is 1.51. The number of benzene rings is 1. The summed E-state index contributed by atoms with van der Waals surface area (Å²) in [7, 11) is 0. The van der Waals surface area contributed by atoms with E-state index in [4.69, 9.17) is 9.84 Å². The average molecular weight is 368 g/mol. The van der Waals surface area contributed by atoms with Crippen molar-refractivity contribution < 1.29 is 24.5 Å². The first-order valence-electron chi connectivity index (χ1n) is 8.58. The van der Waals surface area contributed by atoms with Crippen LogP contribution < -0.4 is 0 Å². The zero-order valence-corrected chi connectivity index (χ0v) is 14.6. The molecule has 1 saturated heterocycles. The molecule has 2 N–H and O–H groups in total. The van der Waals surface area contributed by atoms with Crippen molar-refractivity contribution >= 4 is 17.4 Å². The number of ketones is 1. The fourth-order valence-electron chi connectivity index (χ4n) is 3.04. The molecule has 27 heavy (non-hydrogen) atoms. The second-order valence-electron chi connectivity index (χ2n) is 5.95. The number of aromatic nitrogens is 1. The number of carbonyl (C=O) groups is 2. The third-order valence-corrected chi connectivity index (χ3v) is 4.27. The third kappa shape index (κ3) is 3.89. The van der Waals surface area contributed by atoms with Crippen LogP contribution in [0.25, 0.3) is 5.76 Å². The molecule has 1 aromatic heterocycles. The molecule has 3 rings (SSSR count). The Bertz CT molecular complexity index is 836. The monoisotopic (exact) mass is 368 g/mol. The number of hydrogen-bond donors (Lipinski definition) is 2. The summed E-state index contributed by atoms with van der Waals surface area (Å²) in [6.07, 6.45) is 1.57. The number of Topliss-reactive ketones (excluding diaryl/α,β-unsaturated/α-hetero) is 1. The number of nitrogens with zero attached hydrogens (tertiary/aromatic N) is 2. The summed E-state index contributed by atoms with van der Waals surface area (Å²) in [6.45, 7) is 0.304. The summed E-state index contributed by atoms with van der Waals surface area (Å²) in [5.41, 5.74) is 0.941. The molecule has 1 fully saturated rings. The van der Waals surface area contributed by atoms with E-state index in [1.807, 2.05) is 0 Å². The molecule has 1 atom stereocenters. The maximum atomic E-state index is 12.7. The number of likely N-dealkylation sites (tertiary alicyclic amines) is 1. The molecule has 2 aromatic rings. The van der Waals surface area contributed by atoms with Gasteiger partial charge in [0.2, 0.25) is 0 Å². The molecule has 0 spiro atoms. The molecule has 7 heteroatoms. The van der Waals surface area contributed by atoms with Gasteiger partial charge in [-0.2, -0.15) is 0 Å². The molecule has 0 bridgehead atoms. The van der Waals surface area contributed by atoms with Gasteiger partial charge in [-0.3, -0.25) is 14.6 Å². The van der Waals surface area contributed by atoms with Gasteiger partial charge >= 0.3 is 0 Å². The van der Waals surface area contributed by atoms with Crippen molar-refractivity contribution in [2.45, 2.75) is 6.04 Å². The maximum Gasteiger partial charge on any atom is 0.295 e. The molecule has 7 nitrogen and oxygen atoms in total. The second-order valence-corrected chi connectivity index (χ2v) is 5.95. The third-order valence-electron chi connectivity index (χ3n) is 4.27. The highest BCUT2D eigenvalue weighted by Gasteiger charge is 2.46. The van der Waals surface area contributed by atoms with Crippen LogP contribution in [-0.4, -0.2) is 58.2 Å². The first-order chi connectivity index (χ1) is 13.1. The summed E-state index contributed by atoms with van der Waals surface area (Å²) in [5.74, 6) is -1.70. The van der Waals surface area contributed by atoms with Crippen LogP contribution in [0.15, 0.2) is 60.3 Å². The summed E-state index contributed by atoms with van der Waals surface area (Å²) in [6, 6.07) is 13.0. The minimum atomic E-state index is -0.802. The van der Waals surface area contributed by atoms with Crippen molar-refractivity contribution in [1.82, 2.24) is 9.88 Å². The van der Waals surface area contributed by atoms with Crippen LogP contribution in [-0.2, 0) is 14.3 Å². The number of carbonyl (C=O) groups excluding carboxylic acids is 2. The molecular weight excluding hydrogens is 348 g/mol. The lowest BCUT2D eigenvalue weighted by Crippen LogP contribution is -2.33.